The summed E-state index contributed by atoms with van der Waals surface area (Å²) in [4.78, 5) is 12.6. The third-order valence-corrected chi connectivity index (χ3v) is 5.26. The number of hydrogen-bond donors (Lipinski definition) is 2. The molecule has 0 spiro atoms. The molecule has 2 aliphatic rings. The lowest BCUT2D eigenvalue weighted by Crippen LogP contribution is -2.50. The molecule has 114 valence electrons. The highest BCUT2D eigenvalue weighted by Crippen LogP contribution is 2.36. The number of carbonyl (C=O) groups is 1. The molecule has 2 fully saturated rings. The van der Waals surface area contributed by atoms with Crippen molar-refractivity contribution in [2.45, 2.75) is 38.6 Å². The topological polar surface area (TPSA) is 41.1 Å². The van der Waals surface area contributed by atoms with Gasteiger partial charge in [0, 0.05) is 5.92 Å². The Hall–Kier alpha value is -1.35. The maximum absolute atomic E-state index is 12.6. The van der Waals surface area contributed by atoms with Gasteiger partial charge in [-0.15, -0.1) is 0 Å². The van der Waals surface area contributed by atoms with Gasteiger partial charge in [-0.3, -0.25) is 4.79 Å². The van der Waals surface area contributed by atoms with Crippen molar-refractivity contribution in [1.82, 2.24) is 10.6 Å². The SMILES string of the molecule is CC(C(=O)NC(c1ccccc1)C1CCCC1)C1CNC1. The highest BCUT2D eigenvalue weighted by atomic mass is 16.1. The Labute approximate surface area is 127 Å². The van der Waals surface area contributed by atoms with Crippen LogP contribution in [0.5, 0.6) is 0 Å². The first-order valence-corrected chi connectivity index (χ1v) is 8.31. The summed E-state index contributed by atoms with van der Waals surface area (Å²) in [5, 5.41) is 6.61. The van der Waals surface area contributed by atoms with Crippen molar-refractivity contribution >= 4 is 5.91 Å². The molecule has 3 heteroatoms. The van der Waals surface area contributed by atoms with Crippen molar-refractivity contribution in [1.29, 1.82) is 0 Å². The summed E-state index contributed by atoms with van der Waals surface area (Å²) in [5.74, 6) is 1.44. The van der Waals surface area contributed by atoms with Gasteiger partial charge in [0.15, 0.2) is 0 Å². The van der Waals surface area contributed by atoms with Crippen molar-refractivity contribution in [3.05, 3.63) is 35.9 Å². The average Bonchev–Trinajstić information content (AvgIpc) is 2.97. The minimum Gasteiger partial charge on any atom is -0.349 e. The van der Waals surface area contributed by atoms with Crippen LogP contribution in [0, 0.1) is 17.8 Å². The first-order valence-electron chi connectivity index (χ1n) is 8.31. The van der Waals surface area contributed by atoms with Gasteiger partial charge in [0.25, 0.3) is 0 Å². The predicted molar refractivity (Wildman–Crippen MR) is 84.8 cm³/mol. The summed E-state index contributed by atoms with van der Waals surface area (Å²) in [7, 11) is 0. The molecular weight excluding hydrogens is 260 g/mol. The quantitative estimate of drug-likeness (QED) is 0.874. The van der Waals surface area contributed by atoms with Crippen LogP contribution in [0.3, 0.4) is 0 Å². The Balaban J connectivity index is 1.71. The fourth-order valence-corrected chi connectivity index (χ4v) is 3.59. The second kappa shape index (κ2) is 6.61. The summed E-state index contributed by atoms with van der Waals surface area (Å²) >= 11 is 0. The van der Waals surface area contributed by atoms with Gasteiger partial charge >= 0.3 is 0 Å². The predicted octanol–water partition coefficient (Wildman–Crippen LogP) is 2.89. The zero-order valence-corrected chi connectivity index (χ0v) is 12.8. The van der Waals surface area contributed by atoms with Gasteiger partial charge in [-0.2, -0.15) is 0 Å². The summed E-state index contributed by atoms with van der Waals surface area (Å²) < 4.78 is 0. The van der Waals surface area contributed by atoms with Gasteiger partial charge in [-0.1, -0.05) is 50.1 Å². The molecule has 1 aromatic rings. The number of hydrogen-bond acceptors (Lipinski definition) is 2. The Morgan fingerprint density at radius 1 is 1.14 bits per heavy atom. The van der Waals surface area contributed by atoms with E-state index in [0.717, 1.165) is 13.1 Å². The molecule has 0 aromatic heterocycles. The van der Waals surface area contributed by atoms with Gasteiger partial charge < -0.3 is 10.6 Å². The van der Waals surface area contributed by atoms with E-state index in [1.165, 1.54) is 31.2 Å². The van der Waals surface area contributed by atoms with E-state index in [2.05, 4.69) is 41.8 Å². The number of rotatable bonds is 5. The van der Waals surface area contributed by atoms with E-state index in [1.807, 2.05) is 6.07 Å². The van der Waals surface area contributed by atoms with E-state index in [4.69, 9.17) is 0 Å². The standard InChI is InChI=1S/C18H26N2O/c1-13(16-11-19-12-16)18(21)20-17(15-9-5-6-10-15)14-7-3-2-4-8-14/h2-4,7-8,13,15-17,19H,5-6,9-12H2,1H3,(H,20,21). The molecule has 1 aromatic carbocycles. The van der Waals surface area contributed by atoms with E-state index in [9.17, 15) is 4.79 Å². The monoisotopic (exact) mass is 286 g/mol. The molecule has 0 bridgehead atoms. The van der Waals surface area contributed by atoms with Crippen LogP contribution < -0.4 is 10.6 Å². The maximum atomic E-state index is 12.6. The molecule has 2 unspecified atom stereocenters. The van der Waals surface area contributed by atoms with E-state index in [0.29, 0.717) is 11.8 Å². The molecular formula is C18H26N2O. The van der Waals surface area contributed by atoms with Gasteiger partial charge in [-0.25, -0.2) is 0 Å². The third kappa shape index (κ3) is 3.29. The normalized spacial score (nSPS) is 22.5. The van der Waals surface area contributed by atoms with E-state index in [1.54, 1.807) is 0 Å². The van der Waals surface area contributed by atoms with Crippen LogP contribution in [0.2, 0.25) is 0 Å². The number of carbonyl (C=O) groups excluding carboxylic acids is 1. The molecule has 1 aliphatic heterocycles. The lowest BCUT2D eigenvalue weighted by Gasteiger charge is -2.34. The fraction of sp³-hybridized carbons (Fsp3) is 0.611. The molecule has 1 aliphatic carbocycles. The van der Waals surface area contributed by atoms with Crippen molar-refractivity contribution in [3.63, 3.8) is 0 Å². The van der Waals surface area contributed by atoms with Crippen LogP contribution in [0.15, 0.2) is 30.3 Å². The van der Waals surface area contributed by atoms with Crippen LogP contribution in [-0.2, 0) is 4.79 Å². The van der Waals surface area contributed by atoms with Gasteiger partial charge in [-0.05, 0) is 43.3 Å². The van der Waals surface area contributed by atoms with E-state index >= 15 is 0 Å². The molecule has 3 rings (SSSR count). The minimum atomic E-state index is 0.110. The van der Waals surface area contributed by atoms with Crippen LogP contribution in [0.1, 0.15) is 44.2 Å². The first kappa shape index (κ1) is 14.6. The molecule has 1 saturated heterocycles. The summed E-state index contributed by atoms with van der Waals surface area (Å²) in [5.41, 5.74) is 1.26. The second-order valence-electron chi connectivity index (χ2n) is 6.65. The molecule has 2 N–H and O–H groups in total. The maximum Gasteiger partial charge on any atom is 0.223 e. The van der Waals surface area contributed by atoms with Crippen molar-refractivity contribution < 1.29 is 4.79 Å². The smallest absolute Gasteiger partial charge is 0.223 e. The lowest BCUT2D eigenvalue weighted by molar-refractivity contribution is -0.127. The zero-order valence-electron chi connectivity index (χ0n) is 12.8. The Kier molecular flexibility index (Phi) is 4.59. The lowest BCUT2D eigenvalue weighted by atomic mass is 9.86. The first-order chi connectivity index (χ1) is 10.3. The largest absolute Gasteiger partial charge is 0.349 e. The van der Waals surface area contributed by atoms with Gasteiger partial charge in [0.1, 0.15) is 0 Å². The van der Waals surface area contributed by atoms with Crippen molar-refractivity contribution in [3.8, 4) is 0 Å². The summed E-state index contributed by atoms with van der Waals surface area (Å²) in [6.45, 7) is 4.03. The molecule has 1 heterocycles. The van der Waals surface area contributed by atoms with E-state index < -0.39 is 0 Å². The van der Waals surface area contributed by atoms with Crippen molar-refractivity contribution in [2.24, 2.45) is 17.8 Å². The van der Waals surface area contributed by atoms with Crippen LogP contribution >= 0.6 is 0 Å². The van der Waals surface area contributed by atoms with E-state index in [-0.39, 0.29) is 17.9 Å². The minimum absolute atomic E-state index is 0.110. The fourth-order valence-electron chi connectivity index (χ4n) is 3.59. The Morgan fingerprint density at radius 3 is 2.38 bits per heavy atom. The molecule has 0 radical (unpaired) electrons. The Bertz CT molecular complexity index is 463. The summed E-state index contributed by atoms with van der Waals surface area (Å²) in [6, 6.07) is 10.7. The van der Waals surface area contributed by atoms with Crippen LogP contribution in [-0.4, -0.2) is 19.0 Å². The van der Waals surface area contributed by atoms with Crippen LogP contribution in [0.4, 0.5) is 0 Å². The number of nitrogens with one attached hydrogen (secondary N) is 2. The molecule has 2 atom stereocenters. The summed E-state index contributed by atoms with van der Waals surface area (Å²) in [6.07, 6.45) is 5.07. The van der Waals surface area contributed by atoms with Crippen molar-refractivity contribution in [2.75, 3.05) is 13.1 Å². The zero-order chi connectivity index (χ0) is 14.7. The molecule has 1 amide bonds. The number of amides is 1. The molecule has 3 nitrogen and oxygen atoms in total. The van der Waals surface area contributed by atoms with Crippen LogP contribution in [0.25, 0.3) is 0 Å². The molecule has 21 heavy (non-hydrogen) atoms. The second-order valence-corrected chi connectivity index (χ2v) is 6.65. The highest BCUT2D eigenvalue weighted by Gasteiger charge is 2.32. The van der Waals surface area contributed by atoms with Gasteiger partial charge in [0.2, 0.25) is 5.91 Å². The number of benzene rings is 1. The molecule has 1 saturated carbocycles. The van der Waals surface area contributed by atoms with Gasteiger partial charge in [0.05, 0.1) is 6.04 Å². The average molecular weight is 286 g/mol. The Morgan fingerprint density at radius 2 is 1.81 bits per heavy atom. The highest BCUT2D eigenvalue weighted by molar-refractivity contribution is 5.79. The third-order valence-electron chi connectivity index (χ3n) is 5.26.